The first-order valence-electron chi connectivity index (χ1n) is 6.29. The van der Waals surface area contributed by atoms with Crippen LogP contribution in [0.5, 0.6) is 0 Å². The van der Waals surface area contributed by atoms with Gasteiger partial charge in [0.2, 0.25) is 0 Å². The summed E-state index contributed by atoms with van der Waals surface area (Å²) in [7, 11) is 0. The molecule has 2 heterocycles. The minimum absolute atomic E-state index is 0.510. The number of nitrogens with zero attached hydrogens (tertiary/aromatic N) is 3. The molecule has 0 bridgehead atoms. The molecule has 1 aliphatic carbocycles. The molecule has 4 nitrogen and oxygen atoms in total. The smallest absolute Gasteiger partial charge is 0.191 e. The van der Waals surface area contributed by atoms with Crippen molar-refractivity contribution >= 4 is 26.9 Å². The van der Waals surface area contributed by atoms with Crippen molar-refractivity contribution in [3.63, 3.8) is 0 Å². The molecular formula is C14H12N4S. The van der Waals surface area contributed by atoms with E-state index in [1.165, 1.54) is 29.7 Å². The van der Waals surface area contributed by atoms with Gasteiger partial charge < -0.3 is 5.73 Å². The fourth-order valence-electron chi connectivity index (χ4n) is 2.22. The number of aromatic nitrogens is 3. The highest BCUT2D eigenvalue weighted by Crippen LogP contribution is 2.40. The van der Waals surface area contributed by atoms with Gasteiger partial charge in [-0.3, -0.25) is 0 Å². The van der Waals surface area contributed by atoms with Crippen molar-refractivity contribution in [1.29, 1.82) is 0 Å². The second kappa shape index (κ2) is 3.99. The lowest BCUT2D eigenvalue weighted by molar-refractivity contribution is 1.13. The van der Waals surface area contributed by atoms with Crippen LogP contribution in [0.15, 0.2) is 30.5 Å². The van der Waals surface area contributed by atoms with E-state index < -0.39 is 0 Å². The van der Waals surface area contributed by atoms with Gasteiger partial charge in [0, 0.05) is 5.56 Å². The standard InChI is InChI=1S/C14H12N4S/c15-14-18-12-13(19-14)17-11(7-16-12)10-5-3-9(4-6-10)8-1-2-8/h3-8H,1-2H2,(H2,15,16,18). The number of hydrogen-bond acceptors (Lipinski definition) is 5. The van der Waals surface area contributed by atoms with E-state index in [9.17, 15) is 0 Å². The van der Waals surface area contributed by atoms with E-state index in [-0.39, 0.29) is 0 Å². The van der Waals surface area contributed by atoms with Gasteiger partial charge in [-0.05, 0) is 24.3 Å². The average Bonchev–Trinajstić information content (AvgIpc) is 3.20. The summed E-state index contributed by atoms with van der Waals surface area (Å²) < 4.78 is 0. The fraction of sp³-hybridized carbons (Fsp3) is 0.214. The number of rotatable bonds is 2. The van der Waals surface area contributed by atoms with Crippen LogP contribution < -0.4 is 5.73 Å². The molecule has 1 aliphatic rings. The maximum absolute atomic E-state index is 5.67. The Kier molecular flexibility index (Phi) is 2.29. The molecule has 4 rings (SSSR count). The largest absolute Gasteiger partial charge is 0.375 e. The summed E-state index contributed by atoms with van der Waals surface area (Å²) in [6, 6.07) is 8.63. The molecule has 0 unspecified atom stereocenters. The Hall–Kier alpha value is -2.01. The molecule has 5 heteroatoms. The van der Waals surface area contributed by atoms with Crippen LogP contribution in [0.2, 0.25) is 0 Å². The highest BCUT2D eigenvalue weighted by atomic mass is 32.1. The van der Waals surface area contributed by atoms with Gasteiger partial charge in [0.05, 0.1) is 11.9 Å². The van der Waals surface area contributed by atoms with E-state index in [1.54, 1.807) is 6.20 Å². The van der Waals surface area contributed by atoms with Crippen molar-refractivity contribution in [2.24, 2.45) is 0 Å². The van der Waals surface area contributed by atoms with Crippen molar-refractivity contribution in [2.45, 2.75) is 18.8 Å². The Morgan fingerprint density at radius 2 is 1.89 bits per heavy atom. The highest BCUT2D eigenvalue weighted by molar-refractivity contribution is 7.21. The van der Waals surface area contributed by atoms with Crippen LogP contribution in [0.1, 0.15) is 24.3 Å². The minimum Gasteiger partial charge on any atom is -0.375 e. The second-order valence-electron chi connectivity index (χ2n) is 4.83. The first-order valence-corrected chi connectivity index (χ1v) is 7.10. The van der Waals surface area contributed by atoms with Crippen LogP contribution >= 0.6 is 11.3 Å². The van der Waals surface area contributed by atoms with Gasteiger partial charge in [0.15, 0.2) is 15.6 Å². The number of fused-ring (bicyclic) bond motifs is 1. The fourth-order valence-corrected chi connectivity index (χ4v) is 2.88. The molecule has 1 aromatic carbocycles. The molecule has 1 fully saturated rings. The Morgan fingerprint density at radius 3 is 2.63 bits per heavy atom. The summed E-state index contributed by atoms with van der Waals surface area (Å²) in [6.07, 6.45) is 4.41. The lowest BCUT2D eigenvalue weighted by Crippen LogP contribution is -1.87. The van der Waals surface area contributed by atoms with E-state index in [2.05, 4.69) is 39.2 Å². The zero-order chi connectivity index (χ0) is 12.8. The van der Waals surface area contributed by atoms with Crippen molar-refractivity contribution < 1.29 is 0 Å². The third kappa shape index (κ3) is 1.96. The molecule has 0 radical (unpaired) electrons. The maximum Gasteiger partial charge on any atom is 0.191 e. The third-order valence-electron chi connectivity index (χ3n) is 3.39. The molecule has 0 amide bonds. The summed E-state index contributed by atoms with van der Waals surface area (Å²) in [5.41, 5.74) is 9.69. The topological polar surface area (TPSA) is 64.7 Å². The predicted octanol–water partition coefficient (Wildman–Crippen LogP) is 3.21. The first-order chi connectivity index (χ1) is 9.29. The zero-order valence-corrected chi connectivity index (χ0v) is 11.0. The van der Waals surface area contributed by atoms with Crippen molar-refractivity contribution in [2.75, 3.05) is 5.73 Å². The van der Waals surface area contributed by atoms with Crippen LogP contribution in [-0.2, 0) is 0 Å². The van der Waals surface area contributed by atoms with Crippen LogP contribution in [0.4, 0.5) is 5.13 Å². The molecular weight excluding hydrogens is 256 g/mol. The average molecular weight is 268 g/mol. The number of benzene rings is 1. The number of nitrogens with two attached hydrogens (primary N) is 1. The molecule has 0 atom stereocenters. The number of nitrogen functional groups attached to an aromatic ring is 1. The van der Waals surface area contributed by atoms with Gasteiger partial charge >= 0.3 is 0 Å². The Balaban J connectivity index is 1.75. The van der Waals surface area contributed by atoms with E-state index in [0.29, 0.717) is 10.8 Å². The summed E-state index contributed by atoms with van der Waals surface area (Å²) in [5.74, 6) is 0.781. The number of thiazole rings is 1. The van der Waals surface area contributed by atoms with Crippen molar-refractivity contribution in [3.05, 3.63) is 36.0 Å². The predicted molar refractivity (Wildman–Crippen MR) is 77.0 cm³/mol. The van der Waals surface area contributed by atoms with E-state index in [0.717, 1.165) is 22.0 Å². The molecule has 2 aromatic heterocycles. The molecule has 19 heavy (non-hydrogen) atoms. The van der Waals surface area contributed by atoms with Crippen LogP contribution in [-0.4, -0.2) is 15.0 Å². The van der Waals surface area contributed by atoms with Crippen LogP contribution in [0.3, 0.4) is 0 Å². The quantitative estimate of drug-likeness (QED) is 0.775. The molecule has 0 saturated heterocycles. The molecule has 3 aromatic rings. The maximum atomic E-state index is 5.67. The van der Waals surface area contributed by atoms with Crippen LogP contribution in [0, 0.1) is 0 Å². The summed E-state index contributed by atoms with van der Waals surface area (Å²) in [4.78, 5) is 13.8. The summed E-state index contributed by atoms with van der Waals surface area (Å²) in [5, 5.41) is 0.510. The summed E-state index contributed by atoms with van der Waals surface area (Å²) >= 11 is 1.37. The Labute approximate surface area is 114 Å². The van der Waals surface area contributed by atoms with Crippen molar-refractivity contribution in [3.8, 4) is 11.3 Å². The molecule has 0 aliphatic heterocycles. The van der Waals surface area contributed by atoms with Gasteiger partial charge in [-0.15, -0.1) is 0 Å². The lowest BCUT2D eigenvalue weighted by Gasteiger charge is -2.02. The normalized spacial score (nSPS) is 14.9. The monoisotopic (exact) mass is 268 g/mol. The SMILES string of the molecule is Nc1nc2ncc(-c3ccc(C4CC4)cc3)nc2s1. The molecule has 2 N–H and O–H groups in total. The number of hydrogen-bond donors (Lipinski definition) is 1. The van der Waals surface area contributed by atoms with Crippen molar-refractivity contribution in [1.82, 2.24) is 15.0 Å². The van der Waals surface area contributed by atoms with Gasteiger partial charge in [-0.2, -0.15) is 4.98 Å². The minimum atomic E-state index is 0.510. The third-order valence-corrected chi connectivity index (χ3v) is 4.16. The Morgan fingerprint density at radius 1 is 1.11 bits per heavy atom. The van der Waals surface area contributed by atoms with E-state index >= 15 is 0 Å². The lowest BCUT2D eigenvalue weighted by atomic mass is 10.1. The van der Waals surface area contributed by atoms with E-state index in [1.807, 2.05) is 0 Å². The second-order valence-corrected chi connectivity index (χ2v) is 5.84. The van der Waals surface area contributed by atoms with Gasteiger partial charge in [-0.1, -0.05) is 35.6 Å². The Bertz CT molecular complexity index is 744. The van der Waals surface area contributed by atoms with E-state index in [4.69, 9.17) is 5.73 Å². The zero-order valence-electron chi connectivity index (χ0n) is 10.2. The van der Waals surface area contributed by atoms with Gasteiger partial charge in [0.1, 0.15) is 0 Å². The van der Waals surface area contributed by atoms with Gasteiger partial charge in [0.25, 0.3) is 0 Å². The molecule has 94 valence electrons. The highest BCUT2D eigenvalue weighted by Gasteiger charge is 2.23. The molecule has 1 saturated carbocycles. The molecule has 0 spiro atoms. The summed E-state index contributed by atoms with van der Waals surface area (Å²) in [6.45, 7) is 0. The van der Waals surface area contributed by atoms with Crippen LogP contribution in [0.25, 0.3) is 21.7 Å². The first kappa shape index (κ1) is 10.9. The number of anilines is 1. The van der Waals surface area contributed by atoms with Gasteiger partial charge in [-0.25, -0.2) is 9.97 Å².